The van der Waals surface area contributed by atoms with Gasteiger partial charge in [0, 0.05) is 13.1 Å². The summed E-state index contributed by atoms with van der Waals surface area (Å²) >= 11 is 0. The molecule has 1 saturated heterocycles. The molecule has 2 amide bonds. The molecular formula is C18H26N2O5. The van der Waals surface area contributed by atoms with Crippen LogP contribution in [-0.2, 0) is 20.9 Å². The Morgan fingerprint density at radius 3 is 2.80 bits per heavy atom. The third-order valence-electron chi connectivity index (χ3n) is 4.08. The summed E-state index contributed by atoms with van der Waals surface area (Å²) in [6, 6.07) is 7.58. The van der Waals surface area contributed by atoms with E-state index in [4.69, 9.17) is 9.47 Å². The molecule has 0 bridgehead atoms. The van der Waals surface area contributed by atoms with Crippen molar-refractivity contribution in [3.8, 4) is 5.75 Å². The zero-order valence-electron chi connectivity index (χ0n) is 14.6. The third-order valence-corrected chi connectivity index (χ3v) is 4.08. The van der Waals surface area contributed by atoms with Crippen molar-refractivity contribution < 1.29 is 24.2 Å². The monoisotopic (exact) mass is 350 g/mol. The van der Waals surface area contributed by atoms with Crippen molar-refractivity contribution in [3.63, 3.8) is 0 Å². The number of aliphatic hydroxyl groups is 1. The van der Waals surface area contributed by atoms with Crippen LogP contribution in [0.15, 0.2) is 24.3 Å². The highest BCUT2D eigenvalue weighted by atomic mass is 16.5. The molecule has 2 N–H and O–H groups in total. The van der Waals surface area contributed by atoms with Gasteiger partial charge in [-0.2, -0.15) is 0 Å². The van der Waals surface area contributed by atoms with Crippen LogP contribution in [0.25, 0.3) is 0 Å². The van der Waals surface area contributed by atoms with E-state index in [0.717, 1.165) is 24.2 Å². The van der Waals surface area contributed by atoms with Gasteiger partial charge in [-0.15, -0.1) is 0 Å². The highest BCUT2D eigenvalue weighted by Crippen LogP contribution is 2.12. The largest absolute Gasteiger partial charge is 0.497 e. The maximum Gasteiger partial charge on any atom is 0.251 e. The van der Waals surface area contributed by atoms with E-state index < -0.39 is 6.10 Å². The van der Waals surface area contributed by atoms with Gasteiger partial charge in [-0.3, -0.25) is 9.59 Å². The van der Waals surface area contributed by atoms with Crippen molar-refractivity contribution in [1.29, 1.82) is 0 Å². The van der Waals surface area contributed by atoms with Crippen molar-refractivity contribution in [2.45, 2.75) is 32.0 Å². The predicted octanol–water partition coefficient (Wildman–Crippen LogP) is 0.701. The number of hydrogen-bond acceptors (Lipinski definition) is 5. The average Bonchev–Trinajstić information content (AvgIpc) is 2.77. The second kappa shape index (κ2) is 10.0. The quantitative estimate of drug-likeness (QED) is 0.674. The molecule has 1 aromatic carbocycles. The number of carbonyl (C=O) groups excluding carboxylic acids is 2. The Morgan fingerprint density at radius 1 is 1.32 bits per heavy atom. The van der Waals surface area contributed by atoms with Gasteiger partial charge in [0.15, 0.2) is 0 Å². The Kier molecular flexibility index (Phi) is 7.69. The molecule has 0 aromatic heterocycles. The fourth-order valence-electron chi connectivity index (χ4n) is 2.65. The Bertz CT molecular complexity index is 561. The highest BCUT2D eigenvalue weighted by Gasteiger charge is 2.26. The molecule has 1 atom stereocenters. The topological polar surface area (TPSA) is 88.1 Å². The van der Waals surface area contributed by atoms with Gasteiger partial charge >= 0.3 is 0 Å². The van der Waals surface area contributed by atoms with Crippen LogP contribution in [0.2, 0.25) is 0 Å². The number of likely N-dealkylation sites (tertiary alicyclic amines) is 1. The van der Waals surface area contributed by atoms with Gasteiger partial charge in [0.1, 0.15) is 11.9 Å². The number of nitrogens with one attached hydrogen (secondary N) is 1. The summed E-state index contributed by atoms with van der Waals surface area (Å²) in [6.45, 7) is 1.70. The van der Waals surface area contributed by atoms with E-state index in [1.165, 1.54) is 4.90 Å². The lowest BCUT2D eigenvalue weighted by atomic mass is 10.2. The predicted molar refractivity (Wildman–Crippen MR) is 92.1 cm³/mol. The number of carbonyl (C=O) groups is 2. The van der Waals surface area contributed by atoms with E-state index in [1.807, 2.05) is 24.3 Å². The van der Waals surface area contributed by atoms with Crippen molar-refractivity contribution in [1.82, 2.24) is 10.2 Å². The molecular weight excluding hydrogens is 324 g/mol. The number of methoxy groups -OCH3 is 1. The molecule has 1 heterocycles. The molecule has 0 aliphatic carbocycles. The zero-order chi connectivity index (χ0) is 18.1. The summed E-state index contributed by atoms with van der Waals surface area (Å²) in [5.74, 6) is 0.197. The molecule has 1 unspecified atom stereocenters. The number of hydrogen-bond donors (Lipinski definition) is 2. The van der Waals surface area contributed by atoms with Gasteiger partial charge in [0.05, 0.1) is 26.9 Å². The summed E-state index contributed by atoms with van der Waals surface area (Å²) in [4.78, 5) is 25.3. The van der Waals surface area contributed by atoms with Crippen molar-refractivity contribution in [2.75, 3.05) is 33.4 Å². The molecule has 2 rings (SSSR count). The Balaban J connectivity index is 1.62. The summed E-state index contributed by atoms with van der Waals surface area (Å²) in [5, 5.41) is 12.4. The van der Waals surface area contributed by atoms with E-state index in [2.05, 4.69) is 5.32 Å². The molecule has 0 saturated carbocycles. The molecule has 7 heteroatoms. The van der Waals surface area contributed by atoms with Gasteiger partial charge in [-0.25, -0.2) is 0 Å². The second-order valence-corrected chi connectivity index (χ2v) is 6.02. The fourth-order valence-corrected chi connectivity index (χ4v) is 2.65. The van der Waals surface area contributed by atoms with E-state index >= 15 is 0 Å². The lowest BCUT2D eigenvalue weighted by molar-refractivity contribution is -0.142. The van der Waals surface area contributed by atoms with Gasteiger partial charge in [0.25, 0.3) is 5.91 Å². The first kappa shape index (κ1) is 19.2. The maximum absolute atomic E-state index is 11.9. The molecule has 138 valence electrons. The number of nitrogens with zero attached hydrogens (tertiary/aromatic N) is 1. The first-order chi connectivity index (χ1) is 12.1. The minimum absolute atomic E-state index is 0.0195. The van der Waals surface area contributed by atoms with Gasteiger partial charge in [0.2, 0.25) is 5.91 Å². The molecule has 7 nitrogen and oxygen atoms in total. The molecule has 0 spiro atoms. The minimum atomic E-state index is -0.983. The number of ether oxygens (including phenoxy) is 2. The van der Waals surface area contributed by atoms with Crippen LogP contribution in [0.1, 0.15) is 24.8 Å². The maximum atomic E-state index is 11.9. The van der Waals surface area contributed by atoms with Crippen LogP contribution in [0.5, 0.6) is 5.75 Å². The Labute approximate surface area is 147 Å². The van der Waals surface area contributed by atoms with Crippen LogP contribution < -0.4 is 10.1 Å². The van der Waals surface area contributed by atoms with Crippen LogP contribution in [-0.4, -0.2) is 61.3 Å². The normalized spacial score (nSPS) is 17.9. The van der Waals surface area contributed by atoms with Crippen LogP contribution >= 0.6 is 0 Å². The average molecular weight is 350 g/mol. The first-order valence-corrected chi connectivity index (χ1v) is 8.54. The number of rotatable bonds is 8. The SMILES string of the molecule is COc1ccc(COCCNC(=O)CN2CCCCC(O)C2=O)cc1. The standard InChI is InChI=1S/C18H26N2O5/c1-24-15-7-5-14(6-8-15)13-25-11-9-19-17(22)12-20-10-3-2-4-16(21)18(20)23/h5-8,16,21H,2-4,9-13H2,1H3,(H,19,22). The zero-order valence-corrected chi connectivity index (χ0v) is 14.6. The molecule has 0 radical (unpaired) electrons. The van der Waals surface area contributed by atoms with Crippen molar-refractivity contribution >= 4 is 11.8 Å². The number of aliphatic hydroxyl groups excluding tert-OH is 1. The minimum Gasteiger partial charge on any atom is -0.497 e. The van der Waals surface area contributed by atoms with Crippen LogP contribution in [0, 0.1) is 0 Å². The lowest BCUT2D eigenvalue weighted by Crippen LogP contribution is -2.44. The van der Waals surface area contributed by atoms with Gasteiger partial charge in [-0.1, -0.05) is 12.1 Å². The van der Waals surface area contributed by atoms with Crippen LogP contribution in [0.3, 0.4) is 0 Å². The van der Waals surface area contributed by atoms with Gasteiger partial charge < -0.3 is 24.8 Å². The first-order valence-electron chi connectivity index (χ1n) is 8.54. The second-order valence-electron chi connectivity index (χ2n) is 6.02. The summed E-state index contributed by atoms with van der Waals surface area (Å²) in [6.07, 6.45) is 1.09. The number of benzene rings is 1. The van der Waals surface area contributed by atoms with Crippen molar-refractivity contribution in [2.24, 2.45) is 0 Å². The third kappa shape index (κ3) is 6.36. The number of amides is 2. The van der Waals surface area contributed by atoms with E-state index in [1.54, 1.807) is 7.11 Å². The molecule has 1 aromatic rings. The fraction of sp³-hybridized carbons (Fsp3) is 0.556. The van der Waals surface area contributed by atoms with Crippen LogP contribution in [0.4, 0.5) is 0 Å². The van der Waals surface area contributed by atoms with E-state index in [0.29, 0.717) is 32.7 Å². The summed E-state index contributed by atoms with van der Waals surface area (Å²) in [5.41, 5.74) is 1.02. The highest BCUT2D eigenvalue weighted by molar-refractivity contribution is 5.87. The smallest absolute Gasteiger partial charge is 0.251 e. The molecule has 25 heavy (non-hydrogen) atoms. The van der Waals surface area contributed by atoms with Crippen molar-refractivity contribution in [3.05, 3.63) is 29.8 Å². The summed E-state index contributed by atoms with van der Waals surface area (Å²) in [7, 11) is 1.62. The molecule has 1 fully saturated rings. The van der Waals surface area contributed by atoms with E-state index in [-0.39, 0.29) is 18.4 Å². The lowest BCUT2D eigenvalue weighted by Gasteiger charge is -2.21. The molecule has 1 aliphatic heterocycles. The Hall–Kier alpha value is -2.12. The van der Waals surface area contributed by atoms with E-state index in [9.17, 15) is 14.7 Å². The molecule has 1 aliphatic rings. The van der Waals surface area contributed by atoms with Gasteiger partial charge in [-0.05, 0) is 37.0 Å². The Morgan fingerprint density at radius 2 is 2.08 bits per heavy atom. The summed E-state index contributed by atoms with van der Waals surface area (Å²) < 4.78 is 10.6.